The third kappa shape index (κ3) is 3.37. The number of hydrogen-bond donors (Lipinski definition) is 3. The molecule has 114 valence electrons. The Hall–Kier alpha value is -2.42. The highest BCUT2D eigenvalue weighted by atomic mass is 16.5. The van der Waals surface area contributed by atoms with Crippen molar-refractivity contribution in [3.8, 4) is 0 Å². The van der Waals surface area contributed by atoms with Crippen molar-refractivity contribution < 1.29 is 19.4 Å². The lowest BCUT2D eigenvalue weighted by Gasteiger charge is -2.33. The molecule has 0 aliphatic carbocycles. The van der Waals surface area contributed by atoms with Crippen LogP contribution >= 0.6 is 0 Å². The summed E-state index contributed by atoms with van der Waals surface area (Å²) in [4.78, 5) is 47.8. The first-order chi connectivity index (χ1) is 9.93. The average Bonchev–Trinajstić information content (AvgIpc) is 2.43. The van der Waals surface area contributed by atoms with E-state index >= 15 is 0 Å². The summed E-state index contributed by atoms with van der Waals surface area (Å²) in [5, 5.41) is 11.8. The maximum absolute atomic E-state index is 12.0. The van der Waals surface area contributed by atoms with Crippen LogP contribution in [0.5, 0.6) is 0 Å². The number of carboxylic acids is 1. The molecule has 0 atom stereocenters. The van der Waals surface area contributed by atoms with Gasteiger partial charge in [0.05, 0.1) is 0 Å². The molecule has 0 spiro atoms. The van der Waals surface area contributed by atoms with Gasteiger partial charge in [0.15, 0.2) is 0 Å². The largest absolute Gasteiger partial charge is 0.480 e. The summed E-state index contributed by atoms with van der Waals surface area (Å²) < 4.78 is 6.09. The molecule has 0 unspecified atom stereocenters. The molecule has 1 amide bonds. The van der Waals surface area contributed by atoms with Gasteiger partial charge in [-0.15, -0.1) is 0 Å². The maximum atomic E-state index is 12.0. The molecule has 1 fully saturated rings. The van der Waals surface area contributed by atoms with Gasteiger partial charge >= 0.3 is 11.7 Å². The standard InChI is InChI=1S/C12H15N3O6/c16-8-1-4-15(11(20)13-8)7-9(17)14-12(10(18)19)2-5-21-6-3-12/h1,4H,2-3,5-7H2,(H,14,17)(H,18,19)(H,13,16,20). The van der Waals surface area contributed by atoms with E-state index in [1.54, 1.807) is 0 Å². The highest BCUT2D eigenvalue weighted by Gasteiger charge is 2.41. The molecule has 2 rings (SSSR count). The smallest absolute Gasteiger partial charge is 0.329 e. The predicted molar refractivity (Wildman–Crippen MR) is 69.9 cm³/mol. The van der Waals surface area contributed by atoms with Crippen molar-refractivity contribution in [1.82, 2.24) is 14.9 Å². The molecular weight excluding hydrogens is 282 g/mol. The van der Waals surface area contributed by atoms with Gasteiger partial charge in [0, 0.05) is 38.3 Å². The van der Waals surface area contributed by atoms with Gasteiger partial charge < -0.3 is 15.2 Å². The van der Waals surface area contributed by atoms with Crippen LogP contribution in [-0.2, 0) is 20.9 Å². The number of carboxylic acid groups (broad SMARTS) is 1. The summed E-state index contributed by atoms with van der Waals surface area (Å²) in [6.07, 6.45) is 1.50. The Morgan fingerprint density at radius 2 is 2.05 bits per heavy atom. The summed E-state index contributed by atoms with van der Waals surface area (Å²) in [6, 6.07) is 1.11. The number of H-pyrrole nitrogens is 1. The fourth-order valence-electron chi connectivity index (χ4n) is 2.14. The van der Waals surface area contributed by atoms with Crippen LogP contribution in [0.1, 0.15) is 12.8 Å². The van der Waals surface area contributed by atoms with Gasteiger partial charge in [-0.05, 0) is 0 Å². The zero-order valence-electron chi connectivity index (χ0n) is 11.1. The fraction of sp³-hybridized carbons (Fsp3) is 0.500. The monoisotopic (exact) mass is 297 g/mol. The molecule has 1 aliphatic rings. The molecular formula is C12H15N3O6. The normalized spacial score (nSPS) is 17.1. The van der Waals surface area contributed by atoms with Crippen LogP contribution in [0.25, 0.3) is 0 Å². The van der Waals surface area contributed by atoms with E-state index in [1.807, 2.05) is 4.98 Å². The van der Waals surface area contributed by atoms with Crippen molar-refractivity contribution in [3.63, 3.8) is 0 Å². The van der Waals surface area contributed by atoms with Gasteiger partial charge in [-0.2, -0.15) is 0 Å². The first-order valence-electron chi connectivity index (χ1n) is 6.35. The maximum Gasteiger partial charge on any atom is 0.329 e. The number of nitrogens with one attached hydrogen (secondary N) is 2. The van der Waals surface area contributed by atoms with Gasteiger partial charge in [-0.25, -0.2) is 9.59 Å². The molecule has 1 aromatic heterocycles. The Morgan fingerprint density at radius 3 is 2.62 bits per heavy atom. The number of carbonyl (C=O) groups is 2. The lowest BCUT2D eigenvalue weighted by Crippen LogP contribution is -2.58. The van der Waals surface area contributed by atoms with Crippen LogP contribution in [0.2, 0.25) is 0 Å². The van der Waals surface area contributed by atoms with Crippen molar-refractivity contribution in [2.75, 3.05) is 13.2 Å². The molecule has 1 aliphatic heterocycles. The Kier molecular flexibility index (Phi) is 4.22. The van der Waals surface area contributed by atoms with Crippen molar-refractivity contribution in [3.05, 3.63) is 33.1 Å². The molecule has 0 radical (unpaired) electrons. The number of hydrogen-bond acceptors (Lipinski definition) is 5. The number of aromatic amines is 1. The number of aromatic nitrogens is 2. The quantitative estimate of drug-likeness (QED) is 0.606. The highest BCUT2D eigenvalue weighted by molar-refractivity contribution is 5.87. The van der Waals surface area contributed by atoms with Crippen LogP contribution in [0.15, 0.2) is 21.9 Å². The second-order valence-electron chi connectivity index (χ2n) is 4.79. The Labute approximate surface area is 118 Å². The van der Waals surface area contributed by atoms with Gasteiger partial charge in [0.25, 0.3) is 5.56 Å². The zero-order valence-corrected chi connectivity index (χ0v) is 11.1. The molecule has 1 aromatic rings. The minimum absolute atomic E-state index is 0.161. The Balaban J connectivity index is 2.11. The van der Waals surface area contributed by atoms with Gasteiger partial charge in [0.2, 0.25) is 5.91 Å². The van der Waals surface area contributed by atoms with Crippen LogP contribution in [0.3, 0.4) is 0 Å². The van der Waals surface area contributed by atoms with Gasteiger partial charge in [-0.3, -0.25) is 19.1 Å². The Morgan fingerprint density at radius 1 is 1.38 bits per heavy atom. The Bertz CT molecular complexity index is 655. The topological polar surface area (TPSA) is 130 Å². The number of ether oxygens (including phenoxy) is 1. The van der Waals surface area contributed by atoms with Gasteiger partial charge in [-0.1, -0.05) is 0 Å². The van der Waals surface area contributed by atoms with E-state index in [9.17, 15) is 24.3 Å². The van der Waals surface area contributed by atoms with Crippen LogP contribution < -0.4 is 16.6 Å². The number of nitrogens with zero attached hydrogens (tertiary/aromatic N) is 1. The lowest BCUT2D eigenvalue weighted by atomic mass is 9.90. The SMILES string of the molecule is O=C(Cn1ccc(=O)[nH]c1=O)NC1(C(=O)O)CCOCC1. The molecule has 0 aromatic carbocycles. The molecule has 21 heavy (non-hydrogen) atoms. The van der Waals surface area contributed by atoms with Crippen LogP contribution in [-0.4, -0.2) is 45.3 Å². The molecule has 0 bridgehead atoms. The second kappa shape index (κ2) is 5.92. The summed E-state index contributed by atoms with van der Waals surface area (Å²) in [6.45, 7) is 0.113. The molecule has 0 saturated carbocycles. The van der Waals surface area contributed by atoms with Crippen molar-refractivity contribution in [2.24, 2.45) is 0 Å². The molecule has 9 nitrogen and oxygen atoms in total. The summed E-state index contributed by atoms with van der Waals surface area (Å²) in [7, 11) is 0. The molecule has 2 heterocycles. The molecule has 1 saturated heterocycles. The number of amides is 1. The van der Waals surface area contributed by atoms with E-state index in [2.05, 4.69) is 5.32 Å². The fourth-order valence-corrected chi connectivity index (χ4v) is 2.14. The summed E-state index contributed by atoms with van der Waals surface area (Å²) >= 11 is 0. The van der Waals surface area contributed by atoms with E-state index in [1.165, 1.54) is 6.20 Å². The van der Waals surface area contributed by atoms with Gasteiger partial charge in [0.1, 0.15) is 12.1 Å². The first kappa shape index (κ1) is 15.0. The minimum Gasteiger partial charge on any atom is -0.480 e. The zero-order chi connectivity index (χ0) is 15.5. The summed E-state index contributed by atoms with van der Waals surface area (Å²) in [5.41, 5.74) is -2.67. The second-order valence-corrected chi connectivity index (χ2v) is 4.79. The molecule has 3 N–H and O–H groups in total. The highest BCUT2D eigenvalue weighted by Crippen LogP contribution is 2.21. The number of aliphatic carboxylic acids is 1. The van der Waals surface area contributed by atoms with Crippen LogP contribution in [0, 0.1) is 0 Å². The predicted octanol–water partition coefficient (Wildman–Crippen LogP) is -1.71. The van der Waals surface area contributed by atoms with E-state index in [0.29, 0.717) is 0 Å². The third-order valence-corrected chi connectivity index (χ3v) is 3.35. The third-order valence-electron chi connectivity index (χ3n) is 3.35. The minimum atomic E-state index is -1.37. The van der Waals surface area contributed by atoms with E-state index in [-0.39, 0.29) is 32.6 Å². The van der Waals surface area contributed by atoms with E-state index in [0.717, 1.165) is 10.6 Å². The number of carbonyl (C=O) groups excluding carboxylic acids is 1. The van der Waals surface area contributed by atoms with Crippen molar-refractivity contribution in [1.29, 1.82) is 0 Å². The molecule has 9 heteroatoms. The van der Waals surface area contributed by atoms with Crippen molar-refractivity contribution >= 4 is 11.9 Å². The van der Waals surface area contributed by atoms with Crippen molar-refractivity contribution in [2.45, 2.75) is 24.9 Å². The lowest BCUT2D eigenvalue weighted by molar-refractivity contribution is -0.152. The van der Waals surface area contributed by atoms with E-state index < -0.39 is 28.7 Å². The summed E-state index contributed by atoms with van der Waals surface area (Å²) in [5.74, 6) is -1.75. The van der Waals surface area contributed by atoms with E-state index in [4.69, 9.17) is 4.74 Å². The van der Waals surface area contributed by atoms with Crippen LogP contribution in [0.4, 0.5) is 0 Å². The number of rotatable bonds is 4. The average molecular weight is 297 g/mol. The first-order valence-corrected chi connectivity index (χ1v) is 6.35.